The Morgan fingerprint density at radius 2 is 1.50 bits per heavy atom. The van der Waals surface area contributed by atoms with Gasteiger partial charge in [0.1, 0.15) is 0 Å². The highest BCUT2D eigenvalue weighted by Crippen LogP contribution is 2.18. The maximum absolute atomic E-state index is 12.0. The monoisotopic (exact) mass is 325 g/mol. The van der Waals surface area contributed by atoms with Crippen molar-refractivity contribution in [3.63, 3.8) is 0 Å². The van der Waals surface area contributed by atoms with Crippen LogP contribution in [0.25, 0.3) is 0 Å². The highest BCUT2D eigenvalue weighted by atomic mass is 16.2. The molecule has 0 saturated carbocycles. The summed E-state index contributed by atoms with van der Waals surface area (Å²) in [5.74, 6) is -1.13. The lowest BCUT2D eigenvalue weighted by atomic mass is 10.2. The Bertz CT molecular complexity index is 669. The number of hydrogen-bond acceptors (Lipinski definition) is 3. The minimum atomic E-state index is -0.614. The summed E-state index contributed by atoms with van der Waals surface area (Å²) >= 11 is 0. The Kier molecular flexibility index (Phi) is 6.37. The fourth-order valence-corrected chi connectivity index (χ4v) is 2.18. The summed E-state index contributed by atoms with van der Waals surface area (Å²) in [5, 5.41) is 5.89. The van der Waals surface area contributed by atoms with Crippen LogP contribution in [0.1, 0.15) is 19.8 Å². The van der Waals surface area contributed by atoms with Gasteiger partial charge in [-0.15, -0.1) is 0 Å². The van der Waals surface area contributed by atoms with E-state index in [1.54, 1.807) is 19.2 Å². The topological polar surface area (TPSA) is 61.4 Å². The molecule has 2 amide bonds. The van der Waals surface area contributed by atoms with Crippen LogP contribution in [0.2, 0.25) is 0 Å². The number of unbranched alkanes of at least 4 members (excludes halogenated alkanes) is 1. The highest BCUT2D eigenvalue weighted by molar-refractivity contribution is 6.39. The number of amides is 2. The van der Waals surface area contributed by atoms with Crippen LogP contribution in [-0.4, -0.2) is 30.3 Å². The smallest absolute Gasteiger partial charge is 0.313 e. The number of anilines is 3. The maximum atomic E-state index is 12.0. The Morgan fingerprint density at radius 1 is 0.917 bits per heavy atom. The summed E-state index contributed by atoms with van der Waals surface area (Å²) in [6, 6.07) is 17.1. The standard InChI is InChI=1S/C19H23N3O2/c1-3-4-14-22(2)19(24)18(23)21-17-12-10-16(11-13-17)20-15-8-6-5-7-9-15/h5-13,20H,3-4,14H2,1-2H3,(H,21,23). The molecule has 5 nitrogen and oxygen atoms in total. The number of para-hydroxylation sites is 1. The van der Waals surface area contributed by atoms with Gasteiger partial charge in [0, 0.05) is 30.7 Å². The normalized spacial score (nSPS) is 10.1. The lowest BCUT2D eigenvalue weighted by Crippen LogP contribution is -2.37. The zero-order chi connectivity index (χ0) is 17.4. The molecule has 0 aliphatic carbocycles. The van der Waals surface area contributed by atoms with Gasteiger partial charge in [-0.25, -0.2) is 0 Å². The molecule has 2 N–H and O–H groups in total. The van der Waals surface area contributed by atoms with Crippen molar-refractivity contribution >= 4 is 28.9 Å². The minimum absolute atomic E-state index is 0.519. The van der Waals surface area contributed by atoms with Crippen molar-refractivity contribution in [3.8, 4) is 0 Å². The predicted molar refractivity (Wildman–Crippen MR) is 97.3 cm³/mol. The molecule has 0 atom stereocenters. The van der Waals surface area contributed by atoms with Gasteiger partial charge in [0.15, 0.2) is 0 Å². The summed E-state index contributed by atoms with van der Waals surface area (Å²) in [4.78, 5) is 25.4. The second-order valence-corrected chi connectivity index (χ2v) is 5.60. The fourth-order valence-electron chi connectivity index (χ4n) is 2.18. The molecule has 24 heavy (non-hydrogen) atoms. The van der Waals surface area contributed by atoms with Crippen molar-refractivity contribution in [2.24, 2.45) is 0 Å². The van der Waals surface area contributed by atoms with Gasteiger partial charge in [0.2, 0.25) is 0 Å². The molecule has 0 unspecified atom stereocenters. The number of hydrogen-bond donors (Lipinski definition) is 2. The van der Waals surface area contributed by atoms with Gasteiger partial charge in [-0.05, 0) is 42.8 Å². The van der Waals surface area contributed by atoms with Crippen LogP contribution in [0, 0.1) is 0 Å². The number of rotatable bonds is 6. The molecule has 0 saturated heterocycles. The molecule has 5 heteroatoms. The number of nitrogens with zero attached hydrogens (tertiary/aromatic N) is 1. The predicted octanol–water partition coefficient (Wildman–Crippen LogP) is 3.63. The lowest BCUT2D eigenvalue weighted by molar-refractivity contribution is -0.142. The van der Waals surface area contributed by atoms with Gasteiger partial charge >= 0.3 is 11.8 Å². The summed E-state index contributed by atoms with van der Waals surface area (Å²) in [7, 11) is 1.64. The zero-order valence-corrected chi connectivity index (χ0v) is 14.1. The van der Waals surface area contributed by atoms with Crippen molar-refractivity contribution in [2.45, 2.75) is 19.8 Å². The first-order chi connectivity index (χ1) is 11.6. The minimum Gasteiger partial charge on any atom is -0.356 e. The van der Waals surface area contributed by atoms with Crippen LogP contribution in [0.4, 0.5) is 17.1 Å². The summed E-state index contributed by atoms with van der Waals surface area (Å²) < 4.78 is 0. The van der Waals surface area contributed by atoms with E-state index in [1.165, 1.54) is 4.90 Å². The molecular formula is C19H23N3O2. The van der Waals surface area contributed by atoms with Crippen molar-refractivity contribution in [3.05, 3.63) is 54.6 Å². The van der Waals surface area contributed by atoms with E-state index in [4.69, 9.17) is 0 Å². The Morgan fingerprint density at radius 3 is 2.12 bits per heavy atom. The van der Waals surface area contributed by atoms with Gasteiger partial charge in [-0.3, -0.25) is 9.59 Å². The Balaban J connectivity index is 1.91. The number of carbonyl (C=O) groups excluding carboxylic acids is 2. The fraction of sp³-hybridized carbons (Fsp3) is 0.263. The molecule has 126 valence electrons. The molecular weight excluding hydrogens is 302 g/mol. The van der Waals surface area contributed by atoms with E-state index >= 15 is 0 Å². The zero-order valence-electron chi connectivity index (χ0n) is 14.1. The van der Waals surface area contributed by atoms with Crippen LogP contribution in [0.15, 0.2) is 54.6 Å². The van der Waals surface area contributed by atoms with Gasteiger partial charge in [-0.2, -0.15) is 0 Å². The largest absolute Gasteiger partial charge is 0.356 e. The second kappa shape index (κ2) is 8.72. The van der Waals surface area contributed by atoms with Crippen LogP contribution < -0.4 is 10.6 Å². The van der Waals surface area contributed by atoms with Gasteiger partial charge in [-0.1, -0.05) is 31.5 Å². The molecule has 2 aromatic rings. The SMILES string of the molecule is CCCCN(C)C(=O)C(=O)Nc1ccc(Nc2ccccc2)cc1. The number of benzene rings is 2. The van der Waals surface area contributed by atoms with Crippen molar-refractivity contribution in [1.82, 2.24) is 4.90 Å². The molecule has 0 bridgehead atoms. The van der Waals surface area contributed by atoms with Crippen LogP contribution in [0.5, 0.6) is 0 Å². The van der Waals surface area contributed by atoms with E-state index in [1.807, 2.05) is 49.4 Å². The van der Waals surface area contributed by atoms with E-state index in [9.17, 15) is 9.59 Å². The lowest BCUT2D eigenvalue weighted by Gasteiger charge is -2.16. The molecule has 0 heterocycles. The number of nitrogens with one attached hydrogen (secondary N) is 2. The summed E-state index contributed by atoms with van der Waals surface area (Å²) in [6.07, 6.45) is 1.87. The first-order valence-corrected chi connectivity index (χ1v) is 8.08. The van der Waals surface area contributed by atoms with Crippen molar-refractivity contribution < 1.29 is 9.59 Å². The average Bonchev–Trinajstić information content (AvgIpc) is 2.61. The molecule has 2 aromatic carbocycles. The first-order valence-electron chi connectivity index (χ1n) is 8.08. The summed E-state index contributed by atoms with van der Waals surface area (Å²) in [6.45, 7) is 2.63. The third kappa shape index (κ3) is 5.12. The van der Waals surface area contributed by atoms with Crippen LogP contribution in [-0.2, 0) is 9.59 Å². The third-order valence-corrected chi connectivity index (χ3v) is 3.59. The Hall–Kier alpha value is -2.82. The van der Waals surface area contributed by atoms with E-state index in [0.717, 1.165) is 24.2 Å². The van der Waals surface area contributed by atoms with Crippen LogP contribution in [0.3, 0.4) is 0 Å². The van der Waals surface area contributed by atoms with Crippen molar-refractivity contribution in [1.29, 1.82) is 0 Å². The summed E-state index contributed by atoms with van der Waals surface area (Å²) in [5.41, 5.74) is 2.49. The maximum Gasteiger partial charge on any atom is 0.313 e. The quantitative estimate of drug-likeness (QED) is 0.797. The molecule has 0 fully saturated rings. The van der Waals surface area contributed by atoms with E-state index in [0.29, 0.717) is 12.2 Å². The third-order valence-electron chi connectivity index (χ3n) is 3.59. The van der Waals surface area contributed by atoms with E-state index in [2.05, 4.69) is 10.6 Å². The molecule has 0 aliphatic heterocycles. The average molecular weight is 325 g/mol. The molecule has 0 radical (unpaired) electrons. The molecule has 0 aromatic heterocycles. The molecule has 0 aliphatic rings. The van der Waals surface area contributed by atoms with Gasteiger partial charge in [0.05, 0.1) is 0 Å². The Labute approximate surface area is 142 Å². The van der Waals surface area contributed by atoms with E-state index < -0.39 is 11.8 Å². The van der Waals surface area contributed by atoms with Gasteiger partial charge in [0.25, 0.3) is 0 Å². The van der Waals surface area contributed by atoms with Crippen LogP contribution >= 0.6 is 0 Å². The number of likely N-dealkylation sites (N-methyl/N-ethyl adjacent to an activating group) is 1. The van der Waals surface area contributed by atoms with Crippen molar-refractivity contribution in [2.75, 3.05) is 24.2 Å². The molecule has 2 rings (SSSR count). The van der Waals surface area contributed by atoms with E-state index in [-0.39, 0.29) is 0 Å². The molecule has 0 spiro atoms. The second-order valence-electron chi connectivity index (χ2n) is 5.60. The van der Waals surface area contributed by atoms with Gasteiger partial charge < -0.3 is 15.5 Å². The first kappa shape index (κ1) is 17.5. The highest BCUT2D eigenvalue weighted by Gasteiger charge is 2.18. The number of carbonyl (C=O) groups is 2.